The van der Waals surface area contributed by atoms with Gasteiger partial charge in [-0.25, -0.2) is 4.39 Å². The van der Waals surface area contributed by atoms with Gasteiger partial charge < -0.3 is 10.7 Å². The molecule has 0 saturated heterocycles. The first-order valence-corrected chi connectivity index (χ1v) is 4.41. The number of hydrogen-bond acceptors (Lipinski definition) is 2. The van der Waals surface area contributed by atoms with E-state index in [1.165, 1.54) is 24.4 Å². The maximum atomic E-state index is 12.9. The second-order valence-corrected chi connectivity index (χ2v) is 3.19. The largest absolute Gasteiger partial charge is 0.398 e. The van der Waals surface area contributed by atoms with Crippen molar-refractivity contribution in [1.29, 1.82) is 0 Å². The molecule has 1 aromatic heterocycles. The molecule has 0 radical (unpaired) electrons. The van der Waals surface area contributed by atoms with Crippen molar-refractivity contribution in [3.05, 3.63) is 52.7 Å². The standard InChI is InChI=1S/C11H9FN2O/c12-8-3-1-2-7(4-8)10-5-9(13)6-14-11(10)15/h1-6H,13H2,(H,14,15). The lowest BCUT2D eigenvalue weighted by Gasteiger charge is -2.01. The lowest BCUT2D eigenvalue weighted by atomic mass is 10.1. The van der Waals surface area contributed by atoms with Crippen LogP contribution in [0.15, 0.2) is 41.3 Å². The van der Waals surface area contributed by atoms with E-state index in [0.29, 0.717) is 16.8 Å². The molecule has 1 aromatic carbocycles. The maximum absolute atomic E-state index is 12.9. The fourth-order valence-corrected chi connectivity index (χ4v) is 1.37. The van der Waals surface area contributed by atoms with E-state index in [2.05, 4.69) is 4.98 Å². The lowest BCUT2D eigenvalue weighted by Crippen LogP contribution is -2.08. The first kappa shape index (κ1) is 9.45. The lowest BCUT2D eigenvalue weighted by molar-refractivity contribution is 0.628. The summed E-state index contributed by atoms with van der Waals surface area (Å²) >= 11 is 0. The number of hydrogen-bond donors (Lipinski definition) is 2. The summed E-state index contributed by atoms with van der Waals surface area (Å²) in [7, 11) is 0. The third kappa shape index (κ3) is 1.88. The molecule has 2 rings (SSSR count). The van der Waals surface area contributed by atoms with Crippen LogP contribution < -0.4 is 11.3 Å². The molecule has 0 aliphatic carbocycles. The second-order valence-electron chi connectivity index (χ2n) is 3.19. The zero-order chi connectivity index (χ0) is 10.8. The van der Waals surface area contributed by atoms with Crippen LogP contribution in [0.25, 0.3) is 11.1 Å². The number of aromatic nitrogens is 1. The SMILES string of the molecule is Nc1c[nH]c(=O)c(-c2cccc(F)c2)c1. The molecule has 0 atom stereocenters. The predicted molar refractivity (Wildman–Crippen MR) is 56.9 cm³/mol. The van der Waals surface area contributed by atoms with Gasteiger partial charge in [0, 0.05) is 17.4 Å². The van der Waals surface area contributed by atoms with Crippen LogP contribution in [-0.2, 0) is 0 Å². The van der Waals surface area contributed by atoms with Gasteiger partial charge in [-0.05, 0) is 23.8 Å². The summed E-state index contributed by atoms with van der Waals surface area (Å²) in [5.74, 6) is -0.380. The molecule has 0 aliphatic heterocycles. The van der Waals surface area contributed by atoms with E-state index in [9.17, 15) is 9.18 Å². The van der Waals surface area contributed by atoms with Crippen LogP contribution >= 0.6 is 0 Å². The first-order chi connectivity index (χ1) is 7.16. The average molecular weight is 204 g/mol. The number of rotatable bonds is 1. The first-order valence-electron chi connectivity index (χ1n) is 4.41. The van der Waals surface area contributed by atoms with Crippen LogP contribution in [0.4, 0.5) is 10.1 Å². The van der Waals surface area contributed by atoms with Gasteiger partial charge in [0.25, 0.3) is 5.56 Å². The summed E-state index contributed by atoms with van der Waals surface area (Å²) in [6, 6.07) is 7.35. The number of nitrogen functional groups attached to an aromatic ring is 1. The minimum atomic E-state index is -0.380. The van der Waals surface area contributed by atoms with Crippen molar-refractivity contribution in [3.8, 4) is 11.1 Å². The molecular weight excluding hydrogens is 195 g/mol. The number of nitrogens with one attached hydrogen (secondary N) is 1. The smallest absolute Gasteiger partial charge is 0.255 e. The molecule has 0 unspecified atom stereocenters. The molecule has 0 fully saturated rings. The van der Waals surface area contributed by atoms with Crippen molar-refractivity contribution in [2.24, 2.45) is 0 Å². The zero-order valence-corrected chi connectivity index (χ0v) is 7.83. The fourth-order valence-electron chi connectivity index (χ4n) is 1.37. The van der Waals surface area contributed by atoms with Crippen LogP contribution in [-0.4, -0.2) is 4.98 Å². The normalized spacial score (nSPS) is 10.2. The van der Waals surface area contributed by atoms with E-state index >= 15 is 0 Å². The van der Waals surface area contributed by atoms with Crippen LogP contribution in [0.2, 0.25) is 0 Å². The zero-order valence-electron chi connectivity index (χ0n) is 7.83. The summed E-state index contributed by atoms with van der Waals surface area (Å²) in [4.78, 5) is 13.9. The molecule has 3 N–H and O–H groups in total. The molecule has 0 amide bonds. The molecule has 15 heavy (non-hydrogen) atoms. The summed E-state index contributed by atoms with van der Waals surface area (Å²) in [5, 5.41) is 0. The predicted octanol–water partition coefficient (Wildman–Crippen LogP) is 1.76. The van der Waals surface area contributed by atoms with Gasteiger partial charge in [0.1, 0.15) is 5.82 Å². The number of aromatic amines is 1. The highest BCUT2D eigenvalue weighted by Crippen LogP contribution is 2.17. The Morgan fingerprint density at radius 3 is 2.80 bits per heavy atom. The topological polar surface area (TPSA) is 58.9 Å². The van der Waals surface area contributed by atoms with E-state index < -0.39 is 0 Å². The van der Waals surface area contributed by atoms with Gasteiger partial charge in [-0.15, -0.1) is 0 Å². The fraction of sp³-hybridized carbons (Fsp3) is 0. The Hall–Kier alpha value is -2.10. The van der Waals surface area contributed by atoms with Crippen LogP contribution in [0.1, 0.15) is 0 Å². The molecule has 0 spiro atoms. The third-order valence-electron chi connectivity index (χ3n) is 2.06. The number of pyridine rings is 1. The van der Waals surface area contributed by atoms with Crippen LogP contribution in [0.5, 0.6) is 0 Å². The molecule has 0 saturated carbocycles. The molecule has 3 nitrogen and oxygen atoms in total. The highest BCUT2D eigenvalue weighted by atomic mass is 19.1. The summed E-state index contributed by atoms with van der Waals surface area (Å²) in [5.41, 5.74) is 6.58. The highest BCUT2D eigenvalue weighted by molar-refractivity contribution is 5.65. The van der Waals surface area contributed by atoms with Gasteiger partial charge in [-0.3, -0.25) is 4.79 Å². The van der Waals surface area contributed by atoms with Gasteiger partial charge in [0.2, 0.25) is 0 Å². The average Bonchev–Trinajstić information content (AvgIpc) is 2.22. The van der Waals surface area contributed by atoms with Crippen molar-refractivity contribution in [2.75, 3.05) is 5.73 Å². The quantitative estimate of drug-likeness (QED) is 0.743. The third-order valence-corrected chi connectivity index (χ3v) is 2.06. The molecule has 2 aromatic rings. The molecule has 0 aliphatic rings. The monoisotopic (exact) mass is 204 g/mol. The molecule has 0 bridgehead atoms. The second kappa shape index (κ2) is 3.57. The van der Waals surface area contributed by atoms with Gasteiger partial charge in [-0.1, -0.05) is 12.1 Å². The Kier molecular flexibility index (Phi) is 2.25. The Morgan fingerprint density at radius 2 is 2.07 bits per heavy atom. The van der Waals surface area contributed by atoms with Gasteiger partial charge in [0.15, 0.2) is 0 Å². The number of benzene rings is 1. The van der Waals surface area contributed by atoms with Crippen molar-refractivity contribution in [3.63, 3.8) is 0 Å². The molecule has 76 valence electrons. The maximum Gasteiger partial charge on any atom is 0.255 e. The van der Waals surface area contributed by atoms with Crippen molar-refractivity contribution < 1.29 is 4.39 Å². The molecule has 4 heteroatoms. The van der Waals surface area contributed by atoms with E-state index in [1.807, 2.05) is 0 Å². The van der Waals surface area contributed by atoms with Crippen LogP contribution in [0, 0.1) is 5.82 Å². The van der Waals surface area contributed by atoms with E-state index in [1.54, 1.807) is 12.1 Å². The Bertz CT molecular complexity index is 548. The van der Waals surface area contributed by atoms with Crippen molar-refractivity contribution >= 4 is 5.69 Å². The van der Waals surface area contributed by atoms with Crippen molar-refractivity contribution in [2.45, 2.75) is 0 Å². The Morgan fingerprint density at radius 1 is 1.27 bits per heavy atom. The minimum absolute atomic E-state index is 0.283. The van der Waals surface area contributed by atoms with E-state index in [-0.39, 0.29) is 11.4 Å². The number of anilines is 1. The minimum Gasteiger partial charge on any atom is -0.398 e. The number of H-pyrrole nitrogens is 1. The van der Waals surface area contributed by atoms with Gasteiger partial charge in [-0.2, -0.15) is 0 Å². The molecule has 1 heterocycles. The summed E-state index contributed by atoms with van der Waals surface area (Å²) in [6.45, 7) is 0. The van der Waals surface area contributed by atoms with E-state index in [0.717, 1.165) is 0 Å². The Balaban J connectivity index is 2.63. The highest BCUT2D eigenvalue weighted by Gasteiger charge is 2.04. The van der Waals surface area contributed by atoms with Crippen LogP contribution in [0.3, 0.4) is 0 Å². The van der Waals surface area contributed by atoms with Gasteiger partial charge in [0.05, 0.1) is 0 Å². The summed E-state index contributed by atoms with van der Waals surface area (Å²) in [6.07, 6.45) is 1.41. The van der Waals surface area contributed by atoms with Crippen molar-refractivity contribution in [1.82, 2.24) is 4.98 Å². The Labute approximate surface area is 85.4 Å². The molecular formula is C11H9FN2O. The number of nitrogens with two attached hydrogens (primary N) is 1. The van der Waals surface area contributed by atoms with Gasteiger partial charge >= 0.3 is 0 Å². The summed E-state index contributed by atoms with van der Waals surface area (Å²) < 4.78 is 12.9. The van der Waals surface area contributed by atoms with E-state index in [4.69, 9.17) is 5.73 Å². The number of halogens is 1.